The fourth-order valence-electron chi connectivity index (χ4n) is 1.21. The van der Waals surface area contributed by atoms with Crippen LogP contribution in [0.15, 0.2) is 0 Å². The zero-order valence-electron chi connectivity index (χ0n) is 6.64. The van der Waals surface area contributed by atoms with Gasteiger partial charge in [-0.1, -0.05) is 5.92 Å². The van der Waals surface area contributed by atoms with E-state index in [1.807, 2.05) is 0 Å². The molecule has 3 N–H and O–H groups in total. The first-order chi connectivity index (χ1) is 5.34. The summed E-state index contributed by atoms with van der Waals surface area (Å²) in [7, 11) is 0. The van der Waals surface area contributed by atoms with E-state index in [2.05, 4.69) is 15.8 Å². The zero-order valence-corrected chi connectivity index (χ0v) is 6.64. The van der Waals surface area contributed by atoms with Gasteiger partial charge in [-0.3, -0.25) is 15.6 Å². The third kappa shape index (κ3) is 2.15. The average molecular weight is 152 g/mol. The Kier molecular flexibility index (Phi) is 2.79. The van der Waals surface area contributed by atoms with Crippen LogP contribution in [-0.2, 0) is 0 Å². The monoisotopic (exact) mass is 152 g/mol. The molecule has 1 aliphatic rings. The summed E-state index contributed by atoms with van der Waals surface area (Å²) < 4.78 is 2.12. The maximum atomic E-state index is 5.70. The minimum atomic E-state index is 0.516. The fourth-order valence-corrected chi connectivity index (χ4v) is 1.21. The van der Waals surface area contributed by atoms with Gasteiger partial charge in [0, 0.05) is 0 Å². The van der Waals surface area contributed by atoms with Crippen molar-refractivity contribution in [3.63, 3.8) is 0 Å². The van der Waals surface area contributed by atoms with Crippen molar-refractivity contribution in [3.05, 3.63) is 0 Å². The summed E-state index contributed by atoms with van der Waals surface area (Å²) in [6, 6.07) is 0. The van der Waals surface area contributed by atoms with E-state index < -0.39 is 0 Å². The van der Waals surface area contributed by atoms with Crippen molar-refractivity contribution in [2.24, 2.45) is 5.73 Å². The smallest absolute Gasteiger partial charge is 0.291 e. The predicted octanol–water partition coefficient (Wildman–Crippen LogP) is -0.670. The summed E-state index contributed by atoms with van der Waals surface area (Å²) in [4.78, 5) is 0. The first-order valence-electron chi connectivity index (χ1n) is 3.89. The second-order valence-electron chi connectivity index (χ2n) is 2.64. The standard InChI is InChI=1S/C8H13N3/c1-2-5-10-8(9)11-6-3-4-7-11/h1H,3-7H2,(H2,9,10)/p+1. The van der Waals surface area contributed by atoms with E-state index in [0.717, 1.165) is 19.0 Å². The Bertz CT molecular complexity index is 192. The zero-order chi connectivity index (χ0) is 8.10. The number of hydrogen-bond acceptors (Lipinski definition) is 0. The van der Waals surface area contributed by atoms with Gasteiger partial charge in [0.15, 0.2) is 0 Å². The van der Waals surface area contributed by atoms with Crippen LogP contribution >= 0.6 is 0 Å². The molecule has 0 radical (unpaired) electrons. The lowest BCUT2D eigenvalue weighted by Gasteiger charge is -2.00. The highest BCUT2D eigenvalue weighted by Gasteiger charge is 2.12. The molecule has 0 unspecified atom stereocenters. The molecule has 0 aromatic rings. The van der Waals surface area contributed by atoms with Gasteiger partial charge in [-0.2, -0.15) is 0 Å². The van der Waals surface area contributed by atoms with Crippen LogP contribution < -0.4 is 11.1 Å². The Morgan fingerprint density at radius 3 is 2.73 bits per heavy atom. The van der Waals surface area contributed by atoms with E-state index in [4.69, 9.17) is 12.2 Å². The molecule has 0 aliphatic carbocycles. The summed E-state index contributed by atoms with van der Waals surface area (Å²) in [5.74, 6) is 3.21. The molecule has 1 saturated heterocycles. The topological polar surface area (TPSA) is 41.1 Å². The third-order valence-corrected chi connectivity index (χ3v) is 1.82. The number of hydrogen-bond donors (Lipinski definition) is 2. The van der Waals surface area contributed by atoms with Crippen LogP contribution in [-0.4, -0.2) is 30.2 Å². The maximum absolute atomic E-state index is 5.70. The lowest BCUT2D eigenvalue weighted by molar-refractivity contribution is -0.509. The molecule has 1 heterocycles. The summed E-state index contributed by atoms with van der Waals surface area (Å²) in [6.07, 6.45) is 7.54. The molecule has 0 aromatic heterocycles. The molecule has 1 fully saturated rings. The molecule has 3 nitrogen and oxygen atoms in total. The number of rotatable bonds is 1. The molecule has 1 aliphatic heterocycles. The SMILES string of the molecule is C#CCNC(N)=[N+]1CCCC1. The highest BCUT2D eigenvalue weighted by Crippen LogP contribution is 1.99. The summed E-state index contributed by atoms with van der Waals surface area (Å²) >= 11 is 0. The van der Waals surface area contributed by atoms with Crippen LogP contribution in [0.2, 0.25) is 0 Å². The van der Waals surface area contributed by atoms with Crippen LogP contribution in [0.3, 0.4) is 0 Å². The van der Waals surface area contributed by atoms with Gasteiger partial charge >= 0.3 is 5.96 Å². The molecule has 60 valence electrons. The van der Waals surface area contributed by atoms with Crippen LogP contribution in [0.1, 0.15) is 12.8 Å². The maximum Gasteiger partial charge on any atom is 0.344 e. The normalized spacial score (nSPS) is 16.1. The summed E-state index contributed by atoms with van der Waals surface area (Å²) in [5, 5.41) is 2.96. The number of terminal acetylenes is 1. The van der Waals surface area contributed by atoms with Crippen molar-refractivity contribution in [2.75, 3.05) is 19.6 Å². The summed E-state index contributed by atoms with van der Waals surface area (Å²) in [5.41, 5.74) is 5.70. The molecule has 1 rings (SSSR count). The third-order valence-electron chi connectivity index (χ3n) is 1.82. The van der Waals surface area contributed by atoms with E-state index in [0.29, 0.717) is 6.54 Å². The van der Waals surface area contributed by atoms with Gasteiger partial charge in [0.1, 0.15) is 6.54 Å². The van der Waals surface area contributed by atoms with Crippen molar-refractivity contribution in [1.82, 2.24) is 5.32 Å². The van der Waals surface area contributed by atoms with Gasteiger partial charge in [-0.15, -0.1) is 6.42 Å². The van der Waals surface area contributed by atoms with Crippen molar-refractivity contribution >= 4 is 5.96 Å². The molecule has 0 atom stereocenters. The van der Waals surface area contributed by atoms with Crippen molar-refractivity contribution < 1.29 is 4.58 Å². The van der Waals surface area contributed by atoms with Crippen molar-refractivity contribution in [1.29, 1.82) is 0 Å². The molecule has 0 saturated carbocycles. The molecule has 0 spiro atoms. The summed E-state index contributed by atoms with van der Waals surface area (Å²) in [6.45, 7) is 2.63. The Morgan fingerprint density at radius 1 is 1.55 bits per heavy atom. The van der Waals surface area contributed by atoms with Gasteiger partial charge in [0.25, 0.3) is 0 Å². The minimum Gasteiger partial charge on any atom is -0.291 e. The average Bonchev–Trinajstić information content (AvgIpc) is 2.52. The molecule has 0 amide bonds. The molecule has 0 aromatic carbocycles. The van der Waals surface area contributed by atoms with Gasteiger partial charge < -0.3 is 0 Å². The van der Waals surface area contributed by atoms with Gasteiger partial charge in [0.05, 0.1) is 13.1 Å². The minimum absolute atomic E-state index is 0.516. The van der Waals surface area contributed by atoms with E-state index in [9.17, 15) is 0 Å². The number of guanidine groups is 1. The quantitative estimate of drug-likeness (QED) is 0.297. The molecular weight excluding hydrogens is 138 g/mol. The van der Waals surface area contributed by atoms with Crippen molar-refractivity contribution in [2.45, 2.75) is 12.8 Å². The Balaban J connectivity index is 2.43. The van der Waals surface area contributed by atoms with Crippen molar-refractivity contribution in [3.8, 4) is 12.3 Å². The number of nitrogens with two attached hydrogens (primary N) is 1. The first-order valence-corrected chi connectivity index (χ1v) is 3.89. The second-order valence-corrected chi connectivity index (χ2v) is 2.64. The largest absolute Gasteiger partial charge is 0.344 e. The molecular formula is C8H14N3+. The Morgan fingerprint density at radius 2 is 2.18 bits per heavy atom. The van der Waals surface area contributed by atoms with Gasteiger partial charge in [-0.25, -0.2) is 0 Å². The Hall–Kier alpha value is -1.17. The van der Waals surface area contributed by atoms with Gasteiger partial charge in [0.2, 0.25) is 0 Å². The van der Waals surface area contributed by atoms with Crippen LogP contribution in [0, 0.1) is 12.3 Å². The molecule has 3 heteroatoms. The molecule has 11 heavy (non-hydrogen) atoms. The lowest BCUT2D eigenvalue weighted by atomic mass is 10.4. The Labute approximate surface area is 67.3 Å². The van der Waals surface area contributed by atoms with Crippen LogP contribution in [0.4, 0.5) is 0 Å². The highest BCUT2D eigenvalue weighted by atomic mass is 15.2. The molecule has 0 bridgehead atoms. The highest BCUT2D eigenvalue weighted by molar-refractivity contribution is 5.72. The van der Waals surface area contributed by atoms with Crippen LogP contribution in [0.25, 0.3) is 0 Å². The van der Waals surface area contributed by atoms with E-state index >= 15 is 0 Å². The van der Waals surface area contributed by atoms with E-state index in [-0.39, 0.29) is 0 Å². The van der Waals surface area contributed by atoms with E-state index in [1.165, 1.54) is 12.8 Å². The first kappa shape index (κ1) is 7.93. The van der Waals surface area contributed by atoms with E-state index in [1.54, 1.807) is 0 Å². The van der Waals surface area contributed by atoms with Crippen LogP contribution in [0.5, 0.6) is 0 Å². The second kappa shape index (κ2) is 3.87. The number of nitrogens with one attached hydrogen (secondary N) is 1. The predicted molar refractivity (Wildman–Crippen MR) is 45.3 cm³/mol. The fraction of sp³-hybridized carbons (Fsp3) is 0.625. The number of nitrogens with zero attached hydrogens (tertiary/aromatic N) is 1. The van der Waals surface area contributed by atoms with Gasteiger partial charge in [-0.05, 0) is 12.8 Å². The lowest BCUT2D eigenvalue weighted by Crippen LogP contribution is -2.40.